The summed E-state index contributed by atoms with van der Waals surface area (Å²) in [7, 11) is 0. The van der Waals surface area contributed by atoms with Crippen LogP contribution in [0.5, 0.6) is 0 Å². The van der Waals surface area contributed by atoms with Gasteiger partial charge in [-0.2, -0.15) is 0 Å². The first-order valence-electron chi connectivity index (χ1n) is 8.75. The molecule has 3 N–H and O–H groups in total. The van der Waals surface area contributed by atoms with E-state index < -0.39 is 0 Å². The van der Waals surface area contributed by atoms with E-state index in [0.717, 1.165) is 12.8 Å². The van der Waals surface area contributed by atoms with Crippen LogP contribution in [0.15, 0.2) is 42.5 Å². The Balaban J connectivity index is 1.77. The number of aliphatic hydroxyl groups excluding tert-OH is 1. The number of aliphatic hydroxyl groups is 1. The van der Waals surface area contributed by atoms with Gasteiger partial charge in [-0.15, -0.1) is 0 Å². The summed E-state index contributed by atoms with van der Waals surface area (Å²) in [4.78, 5) is 3.65. The molecule has 0 bridgehead atoms. The Hall–Kier alpha value is -2.10. The van der Waals surface area contributed by atoms with Crippen molar-refractivity contribution >= 4 is 10.9 Å². The number of hydrogen-bond acceptors (Lipinski definition) is 2. The van der Waals surface area contributed by atoms with Gasteiger partial charge in [0.05, 0.1) is 6.10 Å². The summed E-state index contributed by atoms with van der Waals surface area (Å²) in [6.07, 6.45) is 1.87. The first-order valence-corrected chi connectivity index (χ1v) is 8.75. The van der Waals surface area contributed by atoms with Gasteiger partial charge in [-0.25, -0.2) is 0 Å². The lowest BCUT2D eigenvalue weighted by Crippen LogP contribution is -2.27. The molecule has 3 heteroatoms. The molecule has 1 aliphatic rings. The van der Waals surface area contributed by atoms with Crippen LogP contribution in [-0.2, 0) is 6.42 Å². The first-order chi connectivity index (χ1) is 11.6. The zero-order valence-corrected chi connectivity index (χ0v) is 14.3. The molecule has 4 rings (SSSR count). The second-order valence-electron chi connectivity index (χ2n) is 6.95. The summed E-state index contributed by atoms with van der Waals surface area (Å²) < 4.78 is 0. The predicted molar refractivity (Wildman–Crippen MR) is 99.2 cm³/mol. The lowest BCUT2D eigenvalue weighted by atomic mass is 9.99. The third kappa shape index (κ3) is 2.64. The molecule has 2 atom stereocenters. The van der Waals surface area contributed by atoms with Crippen LogP contribution >= 0.6 is 0 Å². The molecule has 0 aliphatic heterocycles. The van der Waals surface area contributed by atoms with Crippen LogP contribution in [0, 0.1) is 6.92 Å². The lowest BCUT2D eigenvalue weighted by Gasteiger charge is -2.14. The van der Waals surface area contributed by atoms with E-state index in [1.165, 1.54) is 38.9 Å². The number of fused-ring (bicyclic) bond motifs is 3. The second-order valence-corrected chi connectivity index (χ2v) is 6.95. The second kappa shape index (κ2) is 6.08. The van der Waals surface area contributed by atoms with E-state index in [0.29, 0.717) is 12.6 Å². The summed E-state index contributed by atoms with van der Waals surface area (Å²) in [5, 5.41) is 14.4. The molecule has 0 radical (unpaired) electrons. The smallest absolute Gasteiger partial charge is 0.0636 e. The summed E-state index contributed by atoms with van der Waals surface area (Å²) in [6, 6.07) is 15.5. The van der Waals surface area contributed by atoms with Crippen LogP contribution in [0.4, 0.5) is 0 Å². The highest BCUT2D eigenvalue weighted by atomic mass is 16.3. The lowest BCUT2D eigenvalue weighted by molar-refractivity contribution is 0.186. The number of nitrogens with one attached hydrogen (secondary N) is 2. The minimum Gasteiger partial charge on any atom is -0.392 e. The van der Waals surface area contributed by atoms with E-state index in [1.54, 1.807) is 0 Å². The van der Waals surface area contributed by atoms with Gasteiger partial charge in [-0.1, -0.05) is 30.3 Å². The third-order valence-corrected chi connectivity index (χ3v) is 5.04. The van der Waals surface area contributed by atoms with Gasteiger partial charge in [-0.05, 0) is 61.1 Å². The van der Waals surface area contributed by atoms with Crippen molar-refractivity contribution in [1.29, 1.82) is 0 Å². The molecule has 1 aliphatic carbocycles. The van der Waals surface area contributed by atoms with Crippen molar-refractivity contribution in [2.45, 2.75) is 38.8 Å². The molecule has 0 saturated heterocycles. The van der Waals surface area contributed by atoms with Gasteiger partial charge in [0.1, 0.15) is 0 Å². The Kier molecular flexibility index (Phi) is 3.91. The molecule has 0 amide bonds. The molecule has 0 saturated carbocycles. The highest BCUT2D eigenvalue weighted by Crippen LogP contribution is 2.39. The molecule has 2 aromatic carbocycles. The van der Waals surface area contributed by atoms with Crippen molar-refractivity contribution in [1.82, 2.24) is 10.3 Å². The van der Waals surface area contributed by atoms with Crippen LogP contribution in [-0.4, -0.2) is 22.7 Å². The Morgan fingerprint density at radius 3 is 2.75 bits per heavy atom. The number of aromatic nitrogens is 1. The fourth-order valence-electron chi connectivity index (χ4n) is 3.86. The third-order valence-electron chi connectivity index (χ3n) is 5.04. The van der Waals surface area contributed by atoms with Crippen LogP contribution < -0.4 is 5.32 Å². The van der Waals surface area contributed by atoms with E-state index in [1.807, 2.05) is 6.92 Å². The van der Waals surface area contributed by atoms with E-state index >= 15 is 0 Å². The Labute approximate surface area is 142 Å². The van der Waals surface area contributed by atoms with Crippen LogP contribution in [0.2, 0.25) is 0 Å². The Morgan fingerprint density at radius 2 is 2.00 bits per heavy atom. The first kappa shape index (κ1) is 15.4. The standard InChI is InChI=1S/C21H24N2O/c1-13-10-16(15-6-4-3-5-7-15)11-18-17-8-9-19(22-12-14(2)24)21(17)23-20(13)18/h3-7,10-11,14,19,22-24H,8-9,12H2,1-2H3/t14-,19+/m0/s1. The number of aromatic amines is 1. The summed E-state index contributed by atoms with van der Waals surface area (Å²) >= 11 is 0. The quantitative estimate of drug-likeness (QED) is 0.678. The van der Waals surface area contributed by atoms with E-state index in [4.69, 9.17) is 0 Å². The van der Waals surface area contributed by atoms with Crippen molar-refractivity contribution < 1.29 is 5.11 Å². The van der Waals surface area contributed by atoms with E-state index in [2.05, 4.69) is 59.7 Å². The number of hydrogen-bond donors (Lipinski definition) is 3. The molecule has 3 aromatic rings. The van der Waals surface area contributed by atoms with Crippen LogP contribution in [0.3, 0.4) is 0 Å². The molecule has 24 heavy (non-hydrogen) atoms. The molecule has 0 spiro atoms. The van der Waals surface area contributed by atoms with Crippen LogP contribution in [0.25, 0.3) is 22.0 Å². The molecule has 1 aromatic heterocycles. The van der Waals surface area contributed by atoms with Gasteiger partial charge in [0.15, 0.2) is 0 Å². The fourth-order valence-corrected chi connectivity index (χ4v) is 3.86. The molecule has 124 valence electrons. The van der Waals surface area contributed by atoms with Crippen molar-refractivity contribution in [2.24, 2.45) is 0 Å². The normalized spacial score (nSPS) is 18.0. The van der Waals surface area contributed by atoms with Gasteiger partial charge in [-0.3, -0.25) is 0 Å². The van der Waals surface area contributed by atoms with Gasteiger partial charge >= 0.3 is 0 Å². The molecular formula is C21H24N2O. The highest BCUT2D eigenvalue weighted by Gasteiger charge is 2.27. The van der Waals surface area contributed by atoms with Gasteiger partial charge < -0.3 is 15.4 Å². The minimum absolute atomic E-state index is 0.315. The predicted octanol–water partition coefficient (Wildman–Crippen LogP) is 4.10. The number of aryl methyl sites for hydroxylation is 2. The molecule has 3 nitrogen and oxygen atoms in total. The monoisotopic (exact) mass is 320 g/mol. The SMILES string of the molecule is Cc1cc(-c2ccccc2)cc2c3c([nH]c12)[C@H](NC[C@H](C)O)CC3. The van der Waals surface area contributed by atoms with Crippen molar-refractivity contribution in [2.75, 3.05) is 6.54 Å². The number of rotatable bonds is 4. The molecule has 0 unspecified atom stereocenters. The largest absolute Gasteiger partial charge is 0.392 e. The fraction of sp³-hybridized carbons (Fsp3) is 0.333. The Morgan fingerprint density at radius 1 is 1.21 bits per heavy atom. The van der Waals surface area contributed by atoms with Crippen molar-refractivity contribution in [3.05, 3.63) is 59.3 Å². The summed E-state index contributed by atoms with van der Waals surface area (Å²) in [6.45, 7) is 4.64. The van der Waals surface area contributed by atoms with E-state index in [9.17, 15) is 5.11 Å². The minimum atomic E-state index is -0.315. The highest BCUT2D eigenvalue weighted by molar-refractivity contribution is 5.92. The maximum atomic E-state index is 9.53. The molecule has 1 heterocycles. The number of benzene rings is 2. The van der Waals surface area contributed by atoms with Gasteiger partial charge in [0, 0.05) is 29.2 Å². The zero-order valence-electron chi connectivity index (χ0n) is 14.3. The average Bonchev–Trinajstić information content (AvgIpc) is 3.14. The maximum absolute atomic E-state index is 9.53. The zero-order chi connectivity index (χ0) is 16.7. The van der Waals surface area contributed by atoms with Gasteiger partial charge in [0.25, 0.3) is 0 Å². The average molecular weight is 320 g/mol. The van der Waals surface area contributed by atoms with E-state index in [-0.39, 0.29) is 6.10 Å². The summed E-state index contributed by atoms with van der Waals surface area (Å²) in [5.41, 5.74) is 7.83. The number of H-pyrrole nitrogens is 1. The van der Waals surface area contributed by atoms with Crippen molar-refractivity contribution in [3.63, 3.8) is 0 Å². The van der Waals surface area contributed by atoms with Gasteiger partial charge in [0.2, 0.25) is 0 Å². The maximum Gasteiger partial charge on any atom is 0.0636 e. The topological polar surface area (TPSA) is 48.0 Å². The summed E-state index contributed by atoms with van der Waals surface area (Å²) in [5.74, 6) is 0. The van der Waals surface area contributed by atoms with Crippen LogP contribution in [0.1, 0.15) is 36.2 Å². The molecule has 0 fully saturated rings. The Bertz CT molecular complexity index is 864. The molecular weight excluding hydrogens is 296 g/mol. The van der Waals surface area contributed by atoms with Crippen molar-refractivity contribution in [3.8, 4) is 11.1 Å².